The van der Waals surface area contributed by atoms with Crippen molar-refractivity contribution >= 4 is 5.97 Å². The van der Waals surface area contributed by atoms with Crippen molar-refractivity contribution in [1.29, 1.82) is 0 Å². The first kappa shape index (κ1) is 16.2. The number of hydrogen-bond acceptors (Lipinski definition) is 4. The minimum Gasteiger partial charge on any atom is -0.463 e. The fraction of sp³-hybridized carbons (Fsp3) is 0.909. The first-order valence-corrected chi connectivity index (χ1v) is 5.69. The highest BCUT2D eigenvalue weighted by molar-refractivity contribution is 5.75. The van der Waals surface area contributed by atoms with Crippen LogP contribution in [0, 0.1) is 0 Å². The van der Waals surface area contributed by atoms with Gasteiger partial charge in [-0.15, -0.1) is 0 Å². The lowest BCUT2D eigenvalue weighted by Gasteiger charge is -2.19. The Balaban J connectivity index is 3.77. The van der Waals surface area contributed by atoms with Crippen LogP contribution in [0.15, 0.2) is 0 Å². The van der Waals surface area contributed by atoms with Crippen LogP contribution in [-0.4, -0.2) is 32.1 Å². The predicted octanol–water partition coefficient (Wildman–Crippen LogP) is 2.71. The van der Waals surface area contributed by atoms with Crippen LogP contribution in [0.2, 0.25) is 0 Å². The standard InChI is InChI=1S/C11H20F2O4/c1-4-5-6-7-8-16-9(2)17-11(12,13)10(14)15-3/h9H,4-8H2,1-3H3. The molecular formula is C11H20F2O4. The van der Waals surface area contributed by atoms with Gasteiger partial charge in [0.2, 0.25) is 0 Å². The monoisotopic (exact) mass is 254 g/mol. The van der Waals surface area contributed by atoms with Crippen molar-refractivity contribution in [2.75, 3.05) is 13.7 Å². The van der Waals surface area contributed by atoms with Gasteiger partial charge in [-0.05, 0) is 13.3 Å². The average molecular weight is 254 g/mol. The highest BCUT2D eigenvalue weighted by Gasteiger charge is 2.43. The van der Waals surface area contributed by atoms with Gasteiger partial charge < -0.3 is 9.47 Å². The van der Waals surface area contributed by atoms with Gasteiger partial charge in [0.05, 0.1) is 7.11 Å². The lowest BCUT2D eigenvalue weighted by molar-refractivity contribution is -0.304. The largest absolute Gasteiger partial charge is 0.463 e. The Hall–Kier alpha value is -0.750. The van der Waals surface area contributed by atoms with E-state index in [4.69, 9.17) is 4.74 Å². The second-order valence-corrected chi connectivity index (χ2v) is 3.63. The molecule has 0 bridgehead atoms. The summed E-state index contributed by atoms with van der Waals surface area (Å²) in [5, 5.41) is 0. The van der Waals surface area contributed by atoms with Gasteiger partial charge in [0.15, 0.2) is 6.29 Å². The molecule has 4 nitrogen and oxygen atoms in total. The molecule has 0 spiro atoms. The van der Waals surface area contributed by atoms with E-state index in [1.807, 2.05) is 0 Å². The third-order valence-electron chi connectivity index (χ3n) is 2.09. The molecular weight excluding hydrogens is 234 g/mol. The second-order valence-electron chi connectivity index (χ2n) is 3.63. The van der Waals surface area contributed by atoms with Crippen molar-refractivity contribution in [2.24, 2.45) is 0 Å². The Morgan fingerprint density at radius 2 is 1.94 bits per heavy atom. The summed E-state index contributed by atoms with van der Waals surface area (Å²) >= 11 is 0. The lowest BCUT2D eigenvalue weighted by atomic mass is 10.2. The molecule has 0 aromatic heterocycles. The molecule has 1 unspecified atom stereocenters. The zero-order valence-corrected chi connectivity index (χ0v) is 10.5. The molecule has 0 heterocycles. The van der Waals surface area contributed by atoms with E-state index in [1.54, 1.807) is 0 Å². The Labute approximate surface area is 100 Å². The molecule has 0 saturated carbocycles. The third kappa shape index (κ3) is 7.23. The molecule has 0 aliphatic heterocycles. The molecule has 1 atom stereocenters. The predicted molar refractivity (Wildman–Crippen MR) is 57.6 cm³/mol. The number of alkyl halides is 2. The molecule has 0 N–H and O–H groups in total. The second kappa shape index (κ2) is 8.36. The molecule has 0 aliphatic rings. The number of unbranched alkanes of at least 4 members (excludes halogenated alkanes) is 3. The molecule has 102 valence electrons. The average Bonchev–Trinajstić information content (AvgIpc) is 2.27. The summed E-state index contributed by atoms with van der Waals surface area (Å²) in [6, 6.07) is 0. The first-order chi connectivity index (χ1) is 7.94. The zero-order valence-electron chi connectivity index (χ0n) is 10.5. The first-order valence-electron chi connectivity index (χ1n) is 5.69. The van der Waals surface area contributed by atoms with Crippen LogP contribution < -0.4 is 0 Å². The van der Waals surface area contributed by atoms with Crippen molar-refractivity contribution in [1.82, 2.24) is 0 Å². The van der Waals surface area contributed by atoms with Crippen LogP contribution in [0.4, 0.5) is 8.78 Å². The molecule has 0 aromatic carbocycles. The number of methoxy groups -OCH3 is 1. The summed E-state index contributed by atoms with van der Waals surface area (Å²) in [7, 11) is 0.871. The van der Waals surface area contributed by atoms with E-state index in [-0.39, 0.29) is 0 Å². The van der Waals surface area contributed by atoms with E-state index in [9.17, 15) is 13.6 Å². The van der Waals surface area contributed by atoms with Crippen molar-refractivity contribution < 1.29 is 27.8 Å². The van der Waals surface area contributed by atoms with Gasteiger partial charge in [-0.2, -0.15) is 8.78 Å². The summed E-state index contributed by atoms with van der Waals surface area (Å²) < 4.78 is 38.9. The molecule has 0 aromatic rings. The van der Waals surface area contributed by atoms with E-state index in [2.05, 4.69) is 16.4 Å². The minimum absolute atomic E-state index is 0.332. The van der Waals surface area contributed by atoms with Gasteiger partial charge in [0, 0.05) is 6.61 Å². The molecule has 6 heteroatoms. The fourth-order valence-electron chi connectivity index (χ4n) is 1.19. The molecule has 0 fully saturated rings. The van der Waals surface area contributed by atoms with Gasteiger partial charge in [0.25, 0.3) is 0 Å². The lowest BCUT2D eigenvalue weighted by Crippen LogP contribution is -2.37. The highest BCUT2D eigenvalue weighted by atomic mass is 19.3. The van der Waals surface area contributed by atoms with Gasteiger partial charge in [0.1, 0.15) is 0 Å². The van der Waals surface area contributed by atoms with Gasteiger partial charge >= 0.3 is 12.1 Å². The van der Waals surface area contributed by atoms with E-state index in [0.29, 0.717) is 6.61 Å². The molecule has 0 aliphatic carbocycles. The van der Waals surface area contributed by atoms with Crippen LogP contribution in [0.3, 0.4) is 0 Å². The van der Waals surface area contributed by atoms with Crippen molar-refractivity contribution in [3.63, 3.8) is 0 Å². The summed E-state index contributed by atoms with van der Waals surface area (Å²) in [4.78, 5) is 10.6. The normalized spacial score (nSPS) is 13.5. The van der Waals surface area contributed by atoms with Gasteiger partial charge in [-0.25, -0.2) is 4.79 Å². The molecule has 0 rings (SSSR count). The number of carbonyl (C=O) groups excluding carboxylic acids is 1. The number of ether oxygens (including phenoxy) is 3. The van der Waals surface area contributed by atoms with Crippen molar-refractivity contribution in [2.45, 2.75) is 51.9 Å². The smallest absolute Gasteiger partial charge is 0.458 e. The summed E-state index contributed by atoms with van der Waals surface area (Å²) in [6.45, 7) is 3.72. The molecule has 0 amide bonds. The quantitative estimate of drug-likeness (QED) is 0.360. The van der Waals surface area contributed by atoms with Crippen molar-refractivity contribution in [3.05, 3.63) is 0 Å². The van der Waals surface area contributed by atoms with E-state index < -0.39 is 18.4 Å². The van der Waals surface area contributed by atoms with E-state index in [0.717, 1.165) is 32.8 Å². The zero-order chi connectivity index (χ0) is 13.3. The summed E-state index contributed by atoms with van der Waals surface area (Å²) in [6.07, 6.45) is -1.17. The maximum Gasteiger partial charge on any atom is 0.458 e. The van der Waals surface area contributed by atoms with Crippen LogP contribution in [0.1, 0.15) is 39.5 Å². The molecule has 0 radical (unpaired) electrons. The van der Waals surface area contributed by atoms with Gasteiger partial charge in [-0.3, -0.25) is 4.74 Å². The van der Waals surface area contributed by atoms with Crippen LogP contribution in [0.25, 0.3) is 0 Å². The SMILES string of the molecule is CCCCCCOC(C)OC(F)(F)C(=O)OC. The number of esters is 1. The minimum atomic E-state index is -3.96. The maximum absolute atomic E-state index is 12.9. The highest BCUT2D eigenvalue weighted by Crippen LogP contribution is 2.19. The topological polar surface area (TPSA) is 44.8 Å². The molecule has 17 heavy (non-hydrogen) atoms. The Kier molecular flexibility index (Phi) is 7.99. The third-order valence-corrected chi connectivity index (χ3v) is 2.09. The van der Waals surface area contributed by atoms with Crippen LogP contribution >= 0.6 is 0 Å². The number of carbonyl (C=O) groups is 1. The molecule has 0 saturated heterocycles. The van der Waals surface area contributed by atoms with Gasteiger partial charge in [-0.1, -0.05) is 26.2 Å². The maximum atomic E-state index is 12.9. The Morgan fingerprint density at radius 3 is 2.47 bits per heavy atom. The number of hydrogen-bond donors (Lipinski definition) is 0. The Morgan fingerprint density at radius 1 is 1.29 bits per heavy atom. The van der Waals surface area contributed by atoms with E-state index in [1.165, 1.54) is 6.92 Å². The fourth-order valence-corrected chi connectivity index (χ4v) is 1.19. The van der Waals surface area contributed by atoms with E-state index >= 15 is 0 Å². The number of halogens is 2. The summed E-state index contributed by atoms with van der Waals surface area (Å²) in [5.74, 6) is -1.72. The van der Waals surface area contributed by atoms with Crippen LogP contribution in [0.5, 0.6) is 0 Å². The van der Waals surface area contributed by atoms with Crippen molar-refractivity contribution in [3.8, 4) is 0 Å². The summed E-state index contributed by atoms with van der Waals surface area (Å²) in [5.41, 5.74) is 0. The van der Waals surface area contributed by atoms with Crippen LogP contribution in [-0.2, 0) is 19.0 Å². The number of rotatable bonds is 9. The Bertz CT molecular complexity index is 222.